The summed E-state index contributed by atoms with van der Waals surface area (Å²) < 4.78 is 7.54. The normalized spacial score (nSPS) is 30.5. The molecule has 6 heavy (non-hydrogen) atoms. The number of ether oxygens (including phenoxy) is 1. The number of rotatable bonds is 2. The summed E-state index contributed by atoms with van der Waals surface area (Å²) >= 11 is 3.77. The van der Waals surface area contributed by atoms with E-state index in [-0.39, 0.29) is 0 Å². The number of hydrogen-bond acceptors (Lipinski definition) is 3. The van der Waals surface area contributed by atoms with Gasteiger partial charge < -0.3 is 4.74 Å². The van der Waals surface area contributed by atoms with Crippen molar-refractivity contribution in [2.24, 2.45) is 0 Å². The van der Waals surface area contributed by atoms with Crippen LogP contribution in [0.25, 0.3) is 0 Å². The predicted molar refractivity (Wildman–Crippen MR) is 26.7 cm³/mol. The molecular weight excluding hydrogens is 98.1 g/mol. The molecule has 0 aromatic rings. The Morgan fingerprint density at radius 3 is 2.83 bits per heavy atom. The Morgan fingerprint density at radius 2 is 2.67 bits per heavy atom. The minimum absolute atomic E-state index is 0.461. The number of hydrogen-bond donors (Lipinski definition) is 2. The minimum Gasteiger partial charge on any atom is -0.372 e. The van der Waals surface area contributed by atoms with Crippen LogP contribution in [-0.2, 0) is 4.74 Å². The lowest BCUT2D eigenvalue weighted by Crippen LogP contribution is -2.06. The molecule has 0 aromatic carbocycles. The molecule has 1 rings (SSSR count). The van der Waals surface area contributed by atoms with Crippen LogP contribution in [0.15, 0.2) is 0 Å². The topological polar surface area (TPSA) is 24.6 Å². The van der Waals surface area contributed by atoms with Gasteiger partial charge in [0.2, 0.25) is 0 Å². The van der Waals surface area contributed by atoms with Crippen molar-refractivity contribution < 1.29 is 4.74 Å². The monoisotopic (exact) mass is 105 g/mol. The van der Waals surface area contributed by atoms with E-state index in [0.29, 0.717) is 6.10 Å². The molecule has 0 spiro atoms. The summed E-state index contributed by atoms with van der Waals surface area (Å²) in [7, 11) is 0. The molecular formula is C3H7NOS. The Morgan fingerprint density at radius 1 is 2.00 bits per heavy atom. The molecule has 1 N–H and O–H groups in total. The lowest BCUT2D eigenvalue weighted by atomic mass is 10.5. The van der Waals surface area contributed by atoms with E-state index in [1.807, 2.05) is 0 Å². The second-order valence-corrected chi connectivity index (χ2v) is 1.63. The summed E-state index contributed by atoms with van der Waals surface area (Å²) in [5.41, 5.74) is 0. The van der Waals surface area contributed by atoms with Crippen LogP contribution in [0.3, 0.4) is 0 Å². The van der Waals surface area contributed by atoms with E-state index in [2.05, 4.69) is 17.5 Å². The van der Waals surface area contributed by atoms with Crippen molar-refractivity contribution in [3.05, 3.63) is 0 Å². The third-order valence-electron chi connectivity index (χ3n) is 0.721. The molecule has 2 nitrogen and oxygen atoms in total. The molecule has 0 amide bonds. The summed E-state index contributed by atoms with van der Waals surface area (Å²) in [6, 6.07) is 0. The fourth-order valence-electron chi connectivity index (χ4n) is 0.288. The molecule has 3 heteroatoms. The van der Waals surface area contributed by atoms with Crippen LogP contribution in [0.2, 0.25) is 0 Å². The minimum atomic E-state index is 0.461. The first-order valence-electron chi connectivity index (χ1n) is 1.92. The zero-order chi connectivity index (χ0) is 4.41. The smallest absolute Gasteiger partial charge is 0.0943 e. The second-order valence-electron chi connectivity index (χ2n) is 1.32. The maximum absolute atomic E-state index is 4.84. The first kappa shape index (κ1) is 4.43. The number of epoxide rings is 1. The fourth-order valence-corrected chi connectivity index (χ4v) is 0.491. The van der Waals surface area contributed by atoms with E-state index in [1.54, 1.807) is 0 Å². The van der Waals surface area contributed by atoms with Gasteiger partial charge >= 0.3 is 0 Å². The Bertz CT molecular complexity index is 46.1. The summed E-state index contributed by atoms with van der Waals surface area (Å²) in [4.78, 5) is 0. The van der Waals surface area contributed by atoms with Crippen molar-refractivity contribution in [2.75, 3.05) is 13.2 Å². The van der Waals surface area contributed by atoms with Crippen LogP contribution < -0.4 is 4.72 Å². The molecule has 1 aliphatic heterocycles. The third kappa shape index (κ3) is 1.16. The van der Waals surface area contributed by atoms with E-state index >= 15 is 0 Å². The van der Waals surface area contributed by atoms with Crippen molar-refractivity contribution in [1.29, 1.82) is 0 Å². The van der Waals surface area contributed by atoms with Crippen molar-refractivity contribution in [3.8, 4) is 0 Å². The van der Waals surface area contributed by atoms with Crippen LogP contribution in [0.1, 0.15) is 0 Å². The second kappa shape index (κ2) is 1.82. The van der Waals surface area contributed by atoms with E-state index in [9.17, 15) is 0 Å². The molecule has 0 bridgehead atoms. The van der Waals surface area contributed by atoms with Crippen LogP contribution in [0.4, 0.5) is 0 Å². The summed E-state index contributed by atoms with van der Waals surface area (Å²) in [5, 5.41) is 0. The highest BCUT2D eigenvalue weighted by atomic mass is 32.1. The molecule has 36 valence electrons. The summed E-state index contributed by atoms with van der Waals surface area (Å²) in [5.74, 6) is 0. The molecule has 0 aromatic heterocycles. The van der Waals surface area contributed by atoms with Gasteiger partial charge in [-0.3, -0.25) is 4.72 Å². The first-order chi connectivity index (χ1) is 2.93. The lowest BCUT2D eigenvalue weighted by Gasteiger charge is -1.83. The van der Waals surface area contributed by atoms with Gasteiger partial charge in [-0.1, -0.05) is 12.8 Å². The summed E-state index contributed by atoms with van der Waals surface area (Å²) in [6.07, 6.45) is 0.461. The van der Waals surface area contributed by atoms with E-state index in [1.165, 1.54) is 0 Å². The van der Waals surface area contributed by atoms with Gasteiger partial charge in [0, 0.05) is 6.54 Å². The lowest BCUT2D eigenvalue weighted by molar-refractivity contribution is 0.409. The van der Waals surface area contributed by atoms with E-state index in [4.69, 9.17) is 4.74 Å². The van der Waals surface area contributed by atoms with Gasteiger partial charge in [0.1, 0.15) is 0 Å². The largest absolute Gasteiger partial charge is 0.372 e. The molecule has 0 radical (unpaired) electrons. The first-order valence-corrected chi connectivity index (χ1v) is 2.37. The molecule has 0 aliphatic carbocycles. The molecule has 1 atom stereocenters. The van der Waals surface area contributed by atoms with E-state index < -0.39 is 0 Å². The SMILES string of the molecule is SNCC1CO1. The Balaban J connectivity index is 1.88. The van der Waals surface area contributed by atoms with Gasteiger partial charge in [-0.2, -0.15) is 0 Å². The average molecular weight is 105 g/mol. The zero-order valence-corrected chi connectivity index (χ0v) is 4.24. The maximum atomic E-state index is 4.84. The predicted octanol–water partition coefficient (Wildman–Crippen LogP) is -0.180. The standard InChI is InChI=1S/C3H7NOS/c6-4-1-3-2-5-3/h3-4,6H,1-2H2. The van der Waals surface area contributed by atoms with Crippen molar-refractivity contribution in [3.63, 3.8) is 0 Å². The van der Waals surface area contributed by atoms with Crippen LogP contribution in [0, 0.1) is 0 Å². The molecule has 1 unspecified atom stereocenters. The Hall–Kier alpha value is 0.270. The van der Waals surface area contributed by atoms with Gasteiger partial charge in [0.25, 0.3) is 0 Å². The zero-order valence-electron chi connectivity index (χ0n) is 3.35. The highest BCUT2D eigenvalue weighted by Gasteiger charge is 2.20. The van der Waals surface area contributed by atoms with Gasteiger partial charge in [-0.05, 0) is 0 Å². The van der Waals surface area contributed by atoms with Crippen LogP contribution in [0.5, 0.6) is 0 Å². The third-order valence-corrected chi connectivity index (χ3v) is 0.904. The Labute approximate surface area is 42.4 Å². The fraction of sp³-hybridized carbons (Fsp3) is 1.00. The Kier molecular flexibility index (Phi) is 1.34. The average Bonchev–Trinajstić information content (AvgIpc) is 2.21. The number of nitrogens with one attached hydrogen (secondary N) is 1. The van der Waals surface area contributed by atoms with Crippen molar-refractivity contribution in [2.45, 2.75) is 6.10 Å². The van der Waals surface area contributed by atoms with Gasteiger partial charge in [0.15, 0.2) is 0 Å². The molecule has 1 fully saturated rings. The molecule has 1 heterocycles. The van der Waals surface area contributed by atoms with Crippen molar-refractivity contribution in [1.82, 2.24) is 4.72 Å². The van der Waals surface area contributed by atoms with Crippen LogP contribution >= 0.6 is 12.8 Å². The van der Waals surface area contributed by atoms with Crippen LogP contribution in [-0.4, -0.2) is 19.3 Å². The van der Waals surface area contributed by atoms with Gasteiger partial charge in [-0.15, -0.1) is 0 Å². The quantitative estimate of drug-likeness (QED) is 0.376. The highest BCUT2D eigenvalue weighted by molar-refractivity contribution is 7.78. The van der Waals surface area contributed by atoms with Crippen molar-refractivity contribution >= 4 is 12.8 Å². The van der Waals surface area contributed by atoms with Gasteiger partial charge in [0.05, 0.1) is 12.7 Å². The molecule has 1 aliphatic rings. The maximum Gasteiger partial charge on any atom is 0.0943 e. The number of thiol groups is 1. The van der Waals surface area contributed by atoms with Gasteiger partial charge in [-0.25, -0.2) is 0 Å². The summed E-state index contributed by atoms with van der Waals surface area (Å²) in [6.45, 7) is 1.79. The highest BCUT2D eigenvalue weighted by Crippen LogP contribution is 2.05. The molecule has 1 saturated heterocycles. The van der Waals surface area contributed by atoms with E-state index in [0.717, 1.165) is 13.2 Å². The molecule has 0 saturated carbocycles.